The Morgan fingerprint density at radius 3 is 2.50 bits per heavy atom. The minimum atomic E-state index is -1.72. The van der Waals surface area contributed by atoms with Crippen molar-refractivity contribution in [1.82, 2.24) is 4.90 Å². The van der Waals surface area contributed by atoms with Crippen molar-refractivity contribution in [2.24, 2.45) is 5.73 Å². The molecule has 0 spiro atoms. The predicted octanol–water partition coefficient (Wildman–Crippen LogP) is 1.16. The van der Waals surface area contributed by atoms with Gasteiger partial charge >= 0.3 is 0 Å². The first-order valence-electron chi connectivity index (χ1n) is 9.20. The summed E-state index contributed by atoms with van der Waals surface area (Å²) in [5.74, 6) is -1.28. The summed E-state index contributed by atoms with van der Waals surface area (Å²) < 4.78 is 5.78. The lowest BCUT2D eigenvalue weighted by Gasteiger charge is -2.42. The predicted molar refractivity (Wildman–Crippen MR) is 116 cm³/mol. The molecule has 5 N–H and O–H groups in total. The molecule has 2 atom stereocenters. The molecule has 0 unspecified atom stereocenters. The summed E-state index contributed by atoms with van der Waals surface area (Å²) in [4.78, 5) is 27.3. The molecule has 1 saturated heterocycles. The molecule has 2 aromatic carbocycles. The first-order valence-corrected chi connectivity index (χ1v) is 9.20. The quantitative estimate of drug-likeness (QED) is 0.402. The van der Waals surface area contributed by atoms with E-state index in [1.54, 1.807) is 31.3 Å². The normalized spacial score (nSPS) is 19.5. The number of nitrogens with one attached hydrogen (secondary N) is 2. The number of nitrogen functional groups attached to an aromatic ring is 1. The largest absolute Gasteiger partial charge is 0.384 e. The third-order valence-corrected chi connectivity index (χ3v) is 4.96. The van der Waals surface area contributed by atoms with Crippen LogP contribution in [-0.2, 0) is 20.7 Å². The number of anilines is 1. The van der Waals surface area contributed by atoms with Gasteiger partial charge in [0.25, 0.3) is 11.8 Å². The molecule has 9 heteroatoms. The van der Waals surface area contributed by atoms with E-state index in [1.807, 2.05) is 30.3 Å². The van der Waals surface area contributed by atoms with Gasteiger partial charge in [-0.2, -0.15) is 0 Å². The van der Waals surface area contributed by atoms with E-state index >= 15 is 0 Å². The van der Waals surface area contributed by atoms with E-state index in [-0.39, 0.29) is 31.3 Å². The molecule has 3 rings (SSSR count). The molecule has 1 heterocycles. The highest BCUT2D eigenvalue weighted by Crippen LogP contribution is 2.29. The maximum atomic E-state index is 13.0. The number of carbonyl (C=O) groups is 2. The minimum absolute atomic E-state index is 0. The van der Waals surface area contributed by atoms with Gasteiger partial charge in [0.05, 0.1) is 6.61 Å². The number of aliphatic hydroxyl groups is 1. The van der Waals surface area contributed by atoms with E-state index in [4.69, 9.17) is 15.9 Å². The van der Waals surface area contributed by atoms with Crippen molar-refractivity contribution in [3.8, 4) is 0 Å². The molecule has 0 radical (unpaired) electrons. The summed E-state index contributed by atoms with van der Waals surface area (Å²) in [5.41, 5.74) is 5.41. The van der Waals surface area contributed by atoms with Gasteiger partial charge in [0.2, 0.25) is 0 Å². The summed E-state index contributed by atoms with van der Waals surface area (Å²) >= 11 is 0. The lowest BCUT2D eigenvalue weighted by atomic mass is 9.85. The Labute approximate surface area is 180 Å². The number of benzene rings is 2. The molecule has 8 nitrogen and oxygen atoms in total. The fourth-order valence-corrected chi connectivity index (χ4v) is 3.32. The Hall–Kier alpha value is -2.94. The van der Waals surface area contributed by atoms with Crippen LogP contribution in [0, 0.1) is 5.41 Å². The molecule has 160 valence electrons. The molecule has 1 aliphatic rings. The van der Waals surface area contributed by atoms with Crippen LogP contribution in [0.25, 0.3) is 0 Å². The number of amidine groups is 1. The molecular weight excluding hydrogens is 408 g/mol. The van der Waals surface area contributed by atoms with Crippen molar-refractivity contribution in [3.05, 3.63) is 65.7 Å². The second-order valence-corrected chi connectivity index (χ2v) is 7.01. The van der Waals surface area contributed by atoms with Crippen molar-refractivity contribution in [1.29, 1.82) is 5.41 Å². The Morgan fingerprint density at radius 2 is 1.90 bits per heavy atom. The summed E-state index contributed by atoms with van der Waals surface area (Å²) in [7, 11) is 1.62. The Balaban J connectivity index is 0.00000320. The van der Waals surface area contributed by atoms with Crippen LogP contribution in [0.1, 0.15) is 11.1 Å². The highest BCUT2D eigenvalue weighted by atomic mass is 35.5. The van der Waals surface area contributed by atoms with Crippen LogP contribution in [0.3, 0.4) is 0 Å². The number of hydrogen-bond acceptors (Lipinski definition) is 5. The zero-order valence-corrected chi connectivity index (χ0v) is 17.3. The van der Waals surface area contributed by atoms with Gasteiger partial charge in [-0.15, -0.1) is 12.4 Å². The van der Waals surface area contributed by atoms with Crippen LogP contribution in [0.2, 0.25) is 0 Å². The zero-order valence-electron chi connectivity index (χ0n) is 16.5. The highest BCUT2D eigenvalue weighted by molar-refractivity contribution is 6.01. The van der Waals surface area contributed by atoms with Crippen LogP contribution in [0.4, 0.5) is 5.69 Å². The van der Waals surface area contributed by atoms with Gasteiger partial charge < -0.3 is 25.8 Å². The number of aliphatic hydroxyl groups excluding tert-OH is 1. The van der Waals surface area contributed by atoms with Gasteiger partial charge in [-0.3, -0.25) is 15.0 Å². The monoisotopic (exact) mass is 432 g/mol. The second kappa shape index (κ2) is 9.71. The molecule has 0 aromatic heterocycles. The van der Waals surface area contributed by atoms with Crippen molar-refractivity contribution < 1.29 is 19.4 Å². The third kappa shape index (κ3) is 4.79. The summed E-state index contributed by atoms with van der Waals surface area (Å²) in [6.45, 7) is 0.600. The number of carbonyl (C=O) groups excluding carboxylic acids is 2. The molecule has 1 aliphatic heterocycles. The van der Waals surface area contributed by atoms with Crippen LogP contribution in [-0.4, -0.2) is 59.6 Å². The molecule has 0 saturated carbocycles. The highest BCUT2D eigenvalue weighted by Gasteiger charge is 2.53. The average Bonchev–Trinajstić information content (AvgIpc) is 2.72. The fraction of sp³-hybridized carbons (Fsp3) is 0.286. The SMILES string of the molecule is CN1CCO[C@](Cc2ccccc2)([C@@H](O)C(=O)Nc2ccc(C(=N)N)cc2)C1=O.Cl. The maximum Gasteiger partial charge on any atom is 0.258 e. The van der Waals surface area contributed by atoms with Crippen molar-refractivity contribution in [2.75, 3.05) is 25.5 Å². The molecule has 0 bridgehead atoms. The number of halogens is 1. The Bertz CT molecular complexity index is 907. The topological polar surface area (TPSA) is 129 Å². The van der Waals surface area contributed by atoms with Crippen LogP contribution in [0.5, 0.6) is 0 Å². The number of likely N-dealkylation sites (N-methyl/N-ethyl adjacent to an activating group) is 1. The van der Waals surface area contributed by atoms with Crippen molar-refractivity contribution in [2.45, 2.75) is 18.1 Å². The van der Waals surface area contributed by atoms with Gasteiger partial charge in [-0.25, -0.2) is 0 Å². The lowest BCUT2D eigenvalue weighted by molar-refractivity contribution is -0.190. The standard InChI is InChI=1S/C21H24N4O4.ClH/c1-25-11-12-29-21(20(25)28,13-14-5-3-2-4-6-14)17(26)19(27)24-16-9-7-15(8-10-16)18(22)23;/h2-10,17,26H,11-13H2,1H3,(H3,22,23)(H,24,27);1H/t17-,21+;/m0./s1. The molecule has 2 amide bonds. The lowest BCUT2D eigenvalue weighted by Crippen LogP contribution is -2.65. The molecule has 0 aliphatic carbocycles. The second-order valence-electron chi connectivity index (χ2n) is 7.01. The first kappa shape index (κ1) is 23.3. The van der Waals surface area contributed by atoms with E-state index < -0.39 is 23.5 Å². The van der Waals surface area contributed by atoms with Crippen molar-refractivity contribution in [3.63, 3.8) is 0 Å². The van der Waals surface area contributed by atoms with Crippen LogP contribution < -0.4 is 11.1 Å². The summed E-state index contributed by atoms with van der Waals surface area (Å²) in [6.07, 6.45) is -1.65. The molecule has 30 heavy (non-hydrogen) atoms. The van der Waals surface area contributed by atoms with Crippen LogP contribution in [0.15, 0.2) is 54.6 Å². The van der Waals surface area contributed by atoms with E-state index in [1.165, 1.54) is 4.90 Å². The number of hydrogen-bond donors (Lipinski definition) is 4. The number of nitrogens with zero attached hydrogens (tertiary/aromatic N) is 1. The van der Waals surface area contributed by atoms with Gasteiger partial charge in [-0.1, -0.05) is 30.3 Å². The van der Waals surface area contributed by atoms with Gasteiger partial charge in [0.1, 0.15) is 5.84 Å². The Morgan fingerprint density at radius 1 is 1.27 bits per heavy atom. The van der Waals surface area contributed by atoms with Gasteiger partial charge in [-0.05, 0) is 29.8 Å². The Kier molecular flexibility index (Phi) is 7.55. The summed E-state index contributed by atoms with van der Waals surface area (Å²) in [6, 6.07) is 15.4. The average molecular weight is 433 g/mol. The van der Waals surface area contributed by atoms with E-state index in [0.717, 1.165) is 5.56 Å². The molecular formula is C21H25ClN4O4. The van der Waals surface area contributed by atoms with E-state index in [0.29, 0.717) is 17.8 Å². The minimum Gasteiger partial charge on any atom is -0.384 e. The fourth-order valence-electron chi connectivity index (χ4n) is 3.32. The maximum absolute atomic E-state index is 13.0. The summed E-state index contributed by atoms with van der Waals surface area (Å²) in [5, 5.41) is 20.9. The molecule has 2 aromatic rings. The zero-order chi connectivity index (χ0) is 21.0. The number of amides is 2. The van der Waals surface area contributed by atoms with Crippen LogP contribution >= 0.6 is 12.4 Å². The van der Waals surface area contributed by atoms with E-state index in [9.17, 15) is 14.7 Å². The van der Waals surface area contributed by atoms with Gasteiger partial charge in [0, 0.05) is 31.3 Å². The third-order valence-electron chi connectivity index (χ3n) is 4.96. The van der Waals surface area contributed by atoms with E-state index in [2.05, 4.69) is 5.32 Å². The number of rotatable bonds is 6. The number of ether oxygens (including phenoxy) is 1. The van der Waals surface area contributed by atoms with Gasteiger partial charge in [0.15, 0.2) is 11.7 Å². The smallest absolute Gasteiger partial charge is 0.258 e. The molecule has 1 fully saturated rings. The number of nitrogens with two attached hydrogens (primary N) is 1. The van der Waals surface area contributed by atoms with Crippen molar-refractivity contribution >= 4 is 35.7 Å². The first-order chi connectivity index (χ1) is 13.8. The number of morpholine rings is 1.